The molecule has 0 aliphatic carbocycles. The number of rotatable bonds is 7. The summed E-state index contributed by atoms with van der Waals surface area (Å²) in [4.78, 5) is 21.2. The Morgan fingerprint density at radius 2 is 2.00 bits per heavy atom. The van der Waals surface area contributed by atoms with E-state index >= 15 is 0 Å². The third-order valence-electron chi connectivity index (χ3n) is 2.54. The molecule has 0 aromatic heterocycles. The molecule has 3 heteroatoms. The summed E-state index contributed by atoms with van der Waals surface area (Å²) in [6, 6.07) is 10.0. The molecule has 0 aliphatic heterocycles. The zero-order valence-corrected chi connectivity index (χ0v) is 10.1. The van der Waals surface area contributed by atoms with Crippen LogP contribution in [0.4, 0.5) is 0 Å². The molecule has 0 radical (unpaired) electrons. The average molecular weight is 234 g/mol. The van der Waals surface area contributed by atoms with E-state index in [4.69, 9.17) is 4.74 Å². The molecule has 1 aromatic rings. The van der Waals surface area contributed by atoms with E-state index in [-0.39, 0.29) is 12.1 Å². The van der Waals surface area contributed by atoms with Crippen LogP contribution in [0.1, 0.15) is 31.7 Å². The lowest BCUT2D eigenvalue weighted by Crippen LogP contribution is -2.17. The first kappa shape index (κ1) is 13.4. The topological polar surface area (TPSA) is 43.4 Å². The first-order valence-electron chi connectivity index (χ1n) is 5.87. The van der Waals surface area contributed by atoms with Crippen molar-refractivity contribution in [1.29, 1.82) is 0 Å². The molecule has 1 atom stereocenters. The fourth-order valence-electron chi connectivity index (χ4n) is 1.72. The number of aryl methyl sites for hydroxylation is 1. The van der Waals surface area contributed by atoms with Gasteiger partial charge in [-0.1, -0.05) is 30.3 Å². The van der Waals surface area contributed by atoms with Gasteiger partial charge in [-0.2, -0.15) is 0 Å². The Labute approximate surface area is 102 Å². The molecule has 1 rings (SSSR count). The van der Waals surface area contributed by atoms with Gasteiger partial charge in [-0.05, 0) is 24.8 Å². The second-order valence-electron chi connectivity index (χ2n) is 4.00. The molecule has 0 N–H and O–H groups in total. The number of esters is 1. The highest BCUT2D eigenvalue weighted by atomic mass is 16.5. The van der Waals surface area contributed by atoms with E-state index in [0.717, 1.165) is 19.1 Å². The van der Waals surface area contributed by atoms with Gasteiger partial charge in [-0.25, -0.2) is 0 Å². The fraction of sp³-hybridized carbons (Fsp3) is 0.429. The number of carbonyl (C=O) groups is 2. The highest BCUT2D eigenvalue weighted by molar-refractivity contribution is 5.66. The normalized spacial score (nSPS) is 11.8. The van der Waals surface area contributed by atoms with Gasteiger partial charge in [-0.3, -0.25) is 4.79 Å². The summed E-state index contributed by atoms with van der Waals surface area (Å²) in [7, 11) is 0. The third-order valence-corrected chi connectivity index (χ3v) is 2.54. The van der Waals surface area contributed by atoms with Crippen LogP contribution in [0.3, 0.4) is 0 Å². The molecule has 0 saturated heterocycles. The molecule has 0 spiro atoms. The van der Waals surface area contributed by atoms with Crippen molar-refractivity contribution >= 4 is 12.3 Å². The van der Waals surface area contributed by atoms with Crippen LogP contribution in [-0.2, 0) is 20.7 Å². The maximum Gasteiger partial charge on any atom is 0.302 e. The maximum atomic E-state index is 10.9. The SMILES string of the molecule is CC(=O)OC(CCC=O)CCc1ccccc1. The van der Waals surface area contributed by atoms with Crippen molar-refractivity contribution in [3.63, 3.8) is 0 Å². The highest BCUT2D eigenvalue weighted by Crippen LogP contribution is 2.11. The number of benzene rings is 1. The average Bonchev–Trinajstić information content (AvgIpc) is 2.33. The molecule has 0 aliphatic rings. The second kappa shape index (κ2) is 7.60. The van der Waals surface area contributed by atoms with Crippen molar-refractivity contribution < 1.29 is 14.3 Å². The van der Waals surface area contributed by atoms with E-state index in [0.29, 0.717) is 12.8 Å². The predicted octanol–water partition coefficient (Wildman–Crippen LogP) is 2.53. The van der Waals surface area contributed by atoms with Crippen molar-refractivity contribution in [2.45, 2.75) is 38.7 Å². The van der Waals surface area contributed by atoms with Crippen molar-refractivity contribution in [2.75, 3.05) is 0 Å². The van der Waals surface area contributed by atoms with Crippen LogP contribution in [-0.4, -0.2) is 18.4 Å². The van der Waals surface area contributed by atoms with Crippen LogP contribution in [0.2, 0.25) is 0 Å². The van der Waals surface area contributed by atoms with Gasteiger partial charge in [0, 0.05) is 13.3 Å². The number of carbonyl (C=O) groups excluding carboxylic acids is 2. The molecule has 0 amide bonds. The minimum Gasteiger partial charge on any atom is -0.463 e. The Balaban J connectivity index is 2.42. The van der Waals surface area contributed by atoms with Crippen LogP contribution in [0, 0.1) is 0 Å². The van der Waals surface area contributed by atoms with Gasteiger partial charge < -0.3 is 9.53 Å². The lowest BCUT2D eigenvalue weighted by molar-refractivity contribution is -0.147. The Morgan fingerprint density at radius 3 is 2.59 bits per heavy atom. The molecule has 0 saturated carbocycles. The summed E-state index contributed by atoms with van der Waals surface area (Å²) >= 11 is 0. The lowest BCUT2D eigenvalue weighted by atomic mass is 10.0. The van der Waals surface area contributed by atoms with Gasteiger partial charge in [0.25, 0.3) is 0 Å². The molecule has 3 nitrogen and oxygen atoms in total. The smallest absolute Gasteiger partial charge is 0.302 e. The number of ether oxygens (including phenoxy) is 1. The van der Waals surface area contributed by atoms with E-state index in [9.17, 15) is 9.59 Å². The van der Waals surface area contributed by atoms with Gasteiger partial charge >= 0.3 is 5.97 Å². The van der Waals surface area contributed by atoms with Gasteiger partial charge in [0.2, 0.25) is 0 Å². The fourth-order valence-corrected chi connectivity index (χ4v) is 1.72. The summed E-state index contributed by atoms with van der Waals surface area (Å²) in [5, 5.41) is 0. The number of hydrogen-bond donors (Lipinski definition) is 0. The van der Waals surface area contributed by atoms with E-state index in [1.165, 1.54) is 12.5 Å². The van der Waals surface area contributed by atoms with Gasteiger partial charge in [0.05, 0.1) is 0 Å². The Kier molecular flexibility index (Phi) is 6.00. The summed E-state index contributed by atoms with van der Waals surface area (Å²) in [6.07, 6.45) is 3.37. The predicted molar refractivity (Wildman–Crippen MR) is 65.6 cm³/mol. The van der Waals surface area contributed by atoms with Crippen molar-refractivity contribution in [3.8, 4) is 0 Å². The lowest BCUT2D eigenvalue weighted by Gasteiger charge is -2.15. The second-order valence-corrected chi connectivity index (χ2v) is 4.00. The van der Waals surface area contributed by atoms with Crippen LogP contribution in [0.15, 0.2) is 30.3 Å². The van der Waals surface area contributed by atoms with Crippen molar-refractivity contribution in [2.24, 2.45) is 0 Å². The first-order valence-corrected chi connectivity index (χ1v) is 5.87. The molecule has 92 valence electrons. The number of aldehydes is 1. The highest BCUT2D eigenvalue weighted by Gasteiger charge is 2.11. The quantitative estimate of drug-likeness (QED) is 0.538. The Hall–Kier alpha value is -1.64. The van der Waals surface area contributed by atoms with Gasteiger partial charge in [-0.15, -0.1) is 0 Å². The Morgan fingerprint density at radius 1 is 1.29 bits per heavy atom. The van der Waals surface area contributed by atoms with E-state index in [2.05, 4.69) is 0 Å². The van der Waals surface area contributed by atoms with E-state index in [1.54, 1.807) is 0 Å². The molecule has 0 heterocycles. The summed E-state index contributed by atoms with van der Waals surface area (Å²) in [5.41, 5.74) is 1.22. The van der Waals surface area contributed by atoms with E-state index < -0.39 is 0 Å². The number of hydrogen-bond acceptors (Lipinski definition) is 3. The monoisotopic (exact) mass is 234 g/mol. The molecule has 17 heavy (non-hydrogen) atoms. The first-order chi connectivity index (χ1) is 8.22. The van der Waals surface area contributed by atoms with Crippen LogP contribution in [0.5, 0.6) is 0 Å². The largest absolute Gasteiger partial charge is 0.463 e. The molecule has 1 aromatic carbocycles. The molecule has 1 unspecified atom stereocenters. The summed E-state index contributed by atoms with van der Waals surface area (Å²) in [5.74, 6) is -0.283. The van der Waals surface area contributed by atoms with Crippen molar-refractivity contribution in [1.82, 2.24) is 0 Å². The van der Waals surface area contributed by atoms with Gasteiger partial charge in [0.1, 0.15) is 12.4 Å². The standard InChI is InChI=1S/C14H18O3/c1-12(16)17-14(8-5-11-15)10-9-13-6-3-2-4-7-13/h2-4,6-7,11,14H,5,8-10H2,1H3. The van der Waals surface area contributed by atoms with E-state index in [1.807, 2.05) is 30.3 Å². The Bertz CT molecular complexity index is 346. The van der Waals surface area contributed by atoms with Crippen LogP contribution < -0.4 is 0 Å². The maximum absolute atomic E-state index is 10.9. The molecule has 0 bridgehead atoms. The minimum absolute atomic E-state index is 0.155. The van der Waals surface area contributed by atoms with Crippen LogP contribution in [0.25, 0.3) is 0 Å². The molecular formula is C14H18O3. The zero-order valence-electron chi connectivity index (χ0n) is 10.1. The summed E-state index contributed by atoms with van der Waals surface area (Å²) < 4.78 is 5.18. The van der Waals surface area contributed by atoms with Gasteiger partial charge in [0.15, 0.2) is 0 Å². The zero-order chi connectivity index (χ0) is 12.5. The van der Waals surface area contributed by atoms with Crippen LogP contribution >= 0.6 is 0 Å². The third kappa shape index (κ3) is 5.85. The minimum atomic E-state index is -0.283. The van der Waals surface area contributed by atoms with Crippen molar-refractivity contribution in [3.05, 3.63) is 35.9 Å². The molecular weight excluding hydrogens is 216 g/mol. The summed E-state index contributed by atoms with van der Waals surface area (Å²) in [6.45, 7) is 1.40. The molecule has 0 fully saturated rings.